The molecule has 0 unspecified atom stereocenters. The van der Waals surface area contributed by atoms with Crippen molar-refractivity contribution in [2.45, 2.75) is 13.3 Å². The van der Waals surface area contributed by atoms with Gasteiger partial charge in [0.05, 0.1) is 0 Å². The summed E-state index contributed by atoms with van der Waals surface area (Å²) in [6.07, 6.45) is 0.999. The minimum Gasteiger partial charge on any atom is -0.383 e. The van der Waals surface area contributed by atoms with Crippen molar-refractivity contribution < 1.29 is 0 Å². The highest BCUT2D eigenvalue weighted by Gasteiger charge is 2.09. The van der Waals surface area contributed by atoms with Crippen LogP contribution in [0.5, 0.6) is 0 Å². The van der Waals surface area contributed by atoms with Crippen molar-refractivity contribution in [3.05, 3.63) is 35.4 Å². The number of nitrogens with one attached hydrogen (secondary N) is 2. The molecule has 2 rings (SSSR count). The molecule has 0 spiro atoms. The molecule has 17 heavy (non-hydrogen) atoms. The topological polar surface area (TPSA) is 90.5 Å². The fourth-order valence-electron chi connectivity index (χ4n) is 1.52. The maximum atomic E-state index is 8.92. The van der Waals surface area contributed by atoms with Gasteiger partial charge in [-0.05, 0) is 24.1 Å². The van der Waals surface area contributed by atoms with Crippen LogP contribution in [0.3, 0.4) is 0 Å². The summed E-state index contributed by atoms with van der Waals surface area (Å²) in [6, 6.07) is 9.97. The number of nitriles is 1. The van der Waals surface area contributed by atoms with E-state index in [-0.39, 0.29) is 5.82 Å². The molecule has 0 aliphatic rings. The molecule has 1 aromatic carbocycles. The van der Waals surface area contributed by atoms with E-state index >= 15 is 0 Å². The third-order valence-corrected chi connectivity index (χ3v) is 2.53. The molecule has 1 heterocycles. The van der Waals surface area contributed by atoms with Gasteiger partial charge in [0, 0.05) is 5.69 Å². The van der Waals surface area contributed by atoms with Gasteiger partial charge in [-0.2, -0.15) is 10.4 Å². The van der Waals surface area contributed by atoms with Crippen molar-refractivity contribution in [1.29, 1.82) is 5.26 Å². The van der Waals surface area contributed by atoms with Gasteiger partial charge in [0.15, 0.2) is 5.82 Å². The first kappa shape index (κ1) is 11.0. The van der Waals surface area contributed by atoms with Gasteiger partial charge in [-0.25, -0.2) is 0 Å². The number of hydrogen-bond acceptors (Lipinski definition) is 4. The molecule has 2 aromatic rings. The smallest absolute Gasteiger partial charge is 0.172 e. The zero-order valence-electron chi connectivity index (χ0n) is 9.49. The summed E-state index contributed by atoms with van der Waals surface area (Å²) in [5.41, 5.74) is 8.05. The van der Waals surface area contributed by atoms with Gasteiger partial charge in [0.2, 0.25) is 0 Å². The molecule has 5 heteroatoms. The molecule has 0 aliphatic heterocycles. The number of H-pyrrole nitrogens is 1. The summed E-state index contributed by atoms with van der Waals surface area (Å²) in [5.74, 6) is 0.731. The Hall–Kier alpha value is -2.48. The van der Waals surface area contributed by atoms with Crippen LogP contribution in [0.25, 0.3) is 0 Å². The number of nitrogen functional groups attached to an aromatic ring is 1. The molecule has 0 bridgehead atoms. The van der Waals surface area contributed by atoms with Crippen molar-refractivity contribution in [2.24, 2.45) is 0 Å². The fourth-order valence-corrected chi connectivity index (χ4v) is 1.52. The number of anilines is 3. The Morgan fingerprint density at radius 1 is 1.41 bits per heavy atom. The van der Waals surface area contributed by atoms with Gasteiger partial charge in [0.1, 0.15) is 17.5 Å². The highest BCUT2D eigenvalue weighted by Crippen LogP contribution is 2.21. The van der Waals surface area contributed by atoms with Crippen LogP contribution >= 0.6 is 0 Å². The zero-order chi connectivity index (χ0) is 12.3. The first-order valence-electron chi connectivity index (χ1n) is 5.34. The van der Waals surface area contributed by atoms with E-state index in [1.54, 1.807) is 0 Å². The Morgan fingerprint density at radius 3 is 2.71 bits per heavy atom. The van der Waals surface area contributed by atoms with Crippen molar-refractivity contribution in [1.82, 2.24) is 10.2 Å². The minimum atomic E-state index is 0.278. The van der Waals surface area contributed by atoms with E-state index < -0.39 is 0 Å². The van der Waals surface area contributed by atoms with Gasteiger partial charge >= 0.3 is 0 Å². The van der Waals surface area contributed by atoms with Crippen LogP contribution in [0.15, 0.2) is 24.3 Å². The Kier molecular flexibility index (Phi) is 2.97. The number of nitrogens with two attached hydrogens (primary N) is 1. The second-order valence-electron chi connectivity index (χ2n) is 3.65. The molecule has 1 aromatic heterocycles. The number of aryl methyl sites for hydroxylation is 1. The lowest BCUT2D eigenvalue weighted by molar-refractivity contribution is 1.10. The first-order valence-corrected chi connectivity index (χ1v) is 5.34. The van der Waals surface area contributed by atoms with E-state index in [1.165, 1.54) is 5.56 Å². The highest BCUT2D eigenvalue weighted by molar-refractivity contribution is 5.68. The largest absolute Gasteiger partial charge is 0.383 e. The average molecular weight is 227 g/mol. The van der Waals surface area contributed by atoms with Gasteiger partial charge in [-0.3, -0.25) is 5.10 Å². The van der Waals surface area contributed by atoms with Crippen LogP contribution in [0, 0.1) is 11.3 Å². The molecular formula is C12H13N5. The highest BCUT2D eigenvalue weighted by atomic mass is 15.2. The summed E-state index contributed by atoms with van der Waals surface area (Å²) in [4.78, 5) is 0. The van der Waals surface area contributed by atoms with Gasteiger partial charge in [0.25, 0.3) is 0 Å². The minimum absolute atomic E-state index is 0.278. The molecule has 86 valence electrons. The normalized spacial score (nSPS) is 9.88. The van der Waals surface area contributed by atoms with Crippen molar-refractivity contribution in [2.75, 3.05) is 11.1 Å². The van der Waals surface area contributed by atoms with Crippen LogP contribution in [-0.4, -0.2) is 10.2 Å². The molecule has 0 saturated carbocycles. The Balaban J connectivity index is 2.23. The summed E-state index contributed by atoms with van der Waals surface area (Å²) in [7, 11) is 0. The maximum absolute atomic E-state index is 8.92. The van der Waals surface area contributed by atoms with E-state index in [9.17, 15) is 0 Å². The van der Waals surface area contributed by atoms with Crippen LogP contribution in [0.2, 0.25) is 0 Å². The summed E-state index contributed by atoms with van der Waals surface area (Å²) >= 11 is 0. The van der Waals surface area contributed by atoms with Gasteiger partial charge < -0.3 is 11.1 Å². The summed E-state index contributed by atoms with van der Waals surface area (Å²) < 4.78 is 0. The van der Waals surface area contributed by atoms with Crippen molar-refractivity contribution in [3.8, 4) is 6.07 Å². The van der Waals surface area contributed by atoms with Gasteiger partial charge in [-0.15, -0.1) is 0 Å². The van der Waals surface area contributed by atoms with Crippen LogP contribution in [-0.2, 0) is 6.42 Å². The molecule has 0 radical (unpaired) electrons. The quantitative estimate of drug-likeness (QED) is 0.749. The van der Waals surface area contributed by atoms with Gasteiger partial charge in [-0.1, -0.05) is 19.1 Å². The Morgan fingerprint density at radius 2 is 2.12 bits per heavy atom. The predicted molar refractivity (Wildman–Crippen MR) is 66.8 cm³/mol. The number of nitrogens with zero attached hydrogens (tertiary/aromatic N) is 2. The van der Waals surface area contributed by atoms with Crippen molar-refractivity contribution >= 4 is 17.3 Å². The zero-order valence-corrected chi connectivity index (χ0v) is 9.49. The van der Waals surface area contributed by atoms with Crippen molar-refractivity contribution in [3.63, 3.8) is 0 Å². The third-order valence-electron chi connectivity index (χ3n) is 2.53. The lowest BCUT2D eigenvalue weighted by Crippen LogP contribution is -1.94. The molecule has 0 fully saturated rings. The van der Waals surface area contributed by atoms with Crippen LogP contribution in [0.1, 0.15) is 18.1 Å². The molecule has 5 nitrogen and oxygen atoms in total. The predicted octanol–water partition coefficient (Wildman–Crippen LogP) is 2.17. The standard InChI is InChI=1S/C12H13N5/c1-2-8-3-5-9(6-4-8)15-12-10(7-13)11(14)16-17-12/h3-6H,2H2,1H3,(H4,14,15,16,17). The molecule has 4 N–H and O–H groups in total. The maximum Gasteiger partial charge on any atom is 0.172 e. The lowest BCUT2D eigenvalue weighted by atomic mass is 10.1. The van der Waals surface area contributed by atoms with E-state index in [0.717, 1.165) is 12.1 Å². The van der Waals surface area contributed by atoms with E-state index in [1.807, 2.05) is 30.3 Å². The number of aromatic nitrogens is 2. The van der Waals surface area contributed by atoms with Crippen LogP contribution in [0.4, 0.5) is 17.3 Å². The number of benzene rings is 1. The number of hydrogen-bond donors (Lipinski definition) is 3. The fraction of sp³-hybridized carbons (Fsp3) is 0.167. The Labute approximate surface area is 99.3 Å². The van der Waals surface area contributed by atoms with E-state index in [0.29, 0.717) is 11.4 Å². The molecule has 0 saturated heterocycles. The molecule has 0 atom stereocenters. The Bertz CT molecular complexity index is 547. The first-order chi connectivity index (χ1) is 8.24. The SMILES string of the molecule is CCc1ccc(Nc2n[nH]c(N)c2C#N)cc1. The second kappa shape index (κ2) is 4.58. The number of aromatic amines is 1. The monoisotopic (exact) mass is 227 g/mol. The summed E-state index contributed by atoms with van der Waals surface area (Å²) in [5, 5.41) is 18.5. The number of rotatable bonds is 3. The second-order valence-corrected chi connectivity index (χ2v) is 3.65. The van der Waals surface area contributed by atoms with Crippen LogP contribution < -0.4 is 11.1 Å². The summed E-state index contributed by atoms with van der Waals surface area (Å²) in [6.45, 7) is 2.10. The average Bonchev–Trinajstić information content (AvgIpc) is 2.71. The lowest BCUT2D eigenvalue weighted by Gasteiger charge is -2.04. The third kappa shape index (κ3) is 2.21. The molecule has 0 amide bonds. The molecule has 0 aliphatic carbocycles. The van der Waals surface area contributed by atoms with E-state index in [2.05, 4.69) is 22.4 Å². The van der Waals surface area contributed by atoms with E-state index in [4.69, 9.17) is 11.0 Å². The molecular weight excluding hydrogens is 214 g/mol.